The van der Waals surface area contributed by atoms with Gasteiger partial charge in [-0.2, -0.15) is 0 Å². The highest BCUT2D eigenvalue weighted by Crippen LogP contribution is 2.27. The molecular weight excluding hydrogens is 500 g/mol. The zero-order valence-electron chi connectivity index (χ0n) is 16.8. The molecule has 3 rings (SSSR count). The Morgan fingerprint density at radius 2 is 1.47 bits per heavy atom. The molecule has 0 unspecified atom stereocenters. The predicted molar refractivity (Wildman–Crippen MR) is 124 cm³/mol. The Balaban J connectivity index is 1.37. The Hall–Kier alpha value is -3.23. The van der Waals surface area contributed by atoms with E-state index in [-0.39, 0.29) is 6.61 Å². The summed E-state index contributed by atoms with van der Waals surface area (Å²) in [6, 6.07) is 20.9. The van der Waals surface area contributed by atoms with Crippen LogP contribution in [0.3, 0.4) is 0 Å². The van der Waals surface area contributed by atoms with Gasteiger partial charge in [0.1, 0.15) is 30.5 Å². The van der Waals surface area contributed by atoms with Crippen LogP contribution in [0.15, 0.2) is 77.3 Å². The normalized spacial score (nSPS) is 10.2. The van der Waals surface area contributed by atoms with Crippen molar-refractivity contribution in [3.63, 3.8) is 0 Å². The number of benzene rings is 3. The van der Waals surface area contributed by atoms with Gasteiger partial charge in [0.2, 0.25) is 0 Å². The van der Waals surface area contributed by atoms with Gasteiger partial charge >= 0.3 is 0 Å². The molecule has 9 heteroatoms. The van der Waals surface area contributed by atoms with E-state index in [1.54, 1.807) is 42.5 Å². The lowest BCUT2D eigenvalue weighted by molar-refractivity contribution is -0.123. The Morgan fingerprint density at radius 1 is 0.812 bits per heavy atom. The number of carbonyl (C=O) groups is 2. The van der Waals surface area contributed by atoms with Crippen LogP contribution in [-0.2, 0) is 4.79 Å². The average molecular weight is 520 g/mol. The lowest BCUT2D eigenvalue weighted by Crippen LogP contribution is -2.43. The number of nitrogens with one attached hydrogen (secondary N) is 2. The van der Waals surface area contributed by atoms with Crippen LogP contribution in [0.1, 0.15) is 10.4 Å². The molecule has 2 N–H and O–H groups in total. The van der Waals surface area contributed by atoms with E-state index >= 15 is 0 Å². The van der Waals surface area contributed by atoms with E-state index in [9.17, 15) is 9.59 Å². The molecule has 2 amide bonds. The highest BCUT2D eigenvalue weighted by molar-refractivity contribution is 9.10. The van der Waals surface area contributed by atoms with E-state index in [1.165, 1.54) is 0 Å². The van der Waals surface area contributed by atoms with Crippen LogP contribution in [0.25, 0.3) is 0 Å². The maximum absolute atomic E-state index is 12.2. The van der Waals surface area contributed by atoms with Crippen LogP contribution in [0.5, 0.6) is 17.2 Å². The lowest BCUT2D eigenvalue weighted by Gasteiger charge is -2.11. The summed E-state index contributed by atoms with van der Waals surface area (Å²) in [6.45, 7) is 0.478. The summed E-state index contributed by atoms with van der Waals surface area (Å²) in [6.07, 6.45) is 0. The van der Waals surface area contributed by atoms with Crippen molar-refractivity contribution in [1.82, 2.24) is 10.9 Å². The van der Waals surface area contributed by atoms with Gasteiger partial charge in [0.05, 0.1) is 4.47 Å². The molecule has 0 spiro atoms. The monoisotopic (exact) mass is 518 g/mol. The van der Waals surface area contributed by atoms with Crippen molar-refractivity contribution >= 4 is 39.3 Å². The van der Waals surface area contributed by atoms with E-state index in [0.29, 0.717) is 39.8 Å². The van der Waals surface area contributed by atoms with Crippen LogP contribution in [0.4, 0.5) is 0 Å². The Labute approximate surface area is 198 Å². The van der Waals surface area contributed by atoms with Crippen molar-refractivity contribution in [3.8, 4) is 17.2 Å². The number of ether oxygens (including phenoxy) is 3. The van der Waals surface area contributed by atoms with Gasteiger partial charge in [0.25, 0.3) is 11.8 Å². The number of hydrogen-bond donors (Lipinski definition) is 2. The fourth-order valence-electron chi connectivity index (χ4n) is 2.51. The summed E-state index contributed by atoms with van der Waals surface area (Å²) in [5.74, 6) is 0.852. The molecule has 0 aliphatic carbocycles. The molecule has 0 aliphatic rings. The highest BCUT2D eigenvalue weighted by Gasteiger charge is 2.09. The Kier molecular flexibility index (Phi) is 8.77. The molecule has 0 radical (unpaired) electrons. The highest BCUT2D eigenvalue weighted by atomic mass is 79.9. The number of amides is 2. The van der Waals surface area contributed by atoms with Crippen LogP contribution in [0, 0.1) is 0 Å². The number of rotatable bonds is 9. The first-order valence-electron chi connectivity index (χ1n) is 9.59. The van der Waals surface area contributed by atoms with Crippen LogP contribution >= 0.6 is 27.5 Å². The molecule has 0 heterocycles. The first kappa shape index (κ1) is 23.4. The Morgan fingerprint density at radius 3 is 2.12 bits per heavy atom. The fraction of sp³-hybridized carbons (Fsp3) is 0.130. The molecule has 0 aliphatic heterocycles. The second-order valence-corrected chi connectivity index (χ2v) is 7.69. The summed E-state index contributed by atoms with van der Waals surface area (Å²) in [5.41, 5.74) is 5.00. The summed E-state index contributed by atoms with van der Waals surface area (Å²) in [5, 5.41) is 0.540. The summed E-state index contributed by atoms with van der Waals surface area (Å²) in [4.78, 5) is 24.1. The summed E-state index contributed by atoms with van der Waals surface area (Å²) >= 11 is 9.16. The smallest absolute Gasteiger partial charge is 0.276 e. The van der Waals surface area contributed by atoms with E-state index in [4.69, 9.17) is 25.8 Å². The van der Waals surface area contributed by atoms with Crippen molar-refractivity contribution < 1.29 is 23.8 Å². The summed E-state index contributed by atoms with van der Waals surface area (Å²) < 4.78 is 17.2. The van der Waals surface area contributed by atoms with Gasteiger partial charge in [-0.3, -0.25) is 20.4 Å². The number of hydrazine groups is 1. The van der Waals surface area contributed by atoms with Gasteiger partial charge in [0, 0.05) is 10.6 Å². The molecule has 3 aromatic carbocycles. The van der Waals surface area contributed by atoms with Crippen molar-refractivity contribution in [2.45, 2.75) is 0 Å². The van der Waals surface area contributed by atoms with Crippen molar-refractivity contribution in [2.24, 2.45) is 0 Å². The first-order valence-corrected chi connectivity index (χ1v) is 10.8. The molecule has 0 atom stereocenters. The predicted octanol–water partition coefficient (Wildman–Crippen LogP) is 4.40. The van der Waals surface area contributed by atoms with Gasteiger partial charge < -0.3 is 14.2 Å². The van der Waals surface area contributed by atoms with Crippen LogP contribution in [-0.4, -0.2) is 31.6 Å². The van der Waals surface area contributed by atoms with Crippen LogP contribution in [0.2, 0.25) is 5.02 Å². The molecule has 0 saturated carbocycles. The third kappa shape index (κ3) is 7.47. The fourth-order valence-corrected chi connectivity index (χ4v) is 3.31. The zero-order chi connectivity index (χ0) is 22.8. The third-order valence-electron chi connectivity index (χ3n) is 4.05. The molecule has 32 heavy (non-hydrogen) atoms. The van der Waals surface area contributed by atoms with Gasteiger partial charge in [-0.15, -0.1) is 0 Å². The Bertz CT molecular complexity index is 1050. The minimum Gasteiger partial charge on any atom is -0.490 e. The average Bonchev–Trinajstić information content (AvgIpc) is 2.81. The van der Waals surface area contributed by atoms with E-state index in [0.717, 1.165) is 5.75 Å². The van der Waals surface area contributed by atoms with Gasteiger partial charge in [0.15, 0.2) is 6.61 Å². The maximum atomic E-state index is 12.2. The standard InChI is InChI=1S/C23H20BrClN2O5/c24-20-14-17(25)8-11-21(20)32-15-22(28)26-27-23(29)16-6-9-19(10-7-16)31-13-12-30-18-4-2-1-3-5-18/h1-11,14H,12-13,15H2,(H,26,28)(H,27,29). The molecule has 166 valence electrons. The van der Waals surface area contributed by atoms with E-state index in [1.807, 2.05) is 30.3 Å². The topological polar surface area (TPSA) is 85.9 Å². The first-order chi connectivity index (χ1) is 15.5. The van der Waals surface area contributed by atoms with Gasteiger partial charge in [-0.1, -0.05) is 29.8 Å². The molecule has 0 fully saturated rings. The molecule has 3 aromatic rings. The number of para-hydroxylation sites is 1. The minimum atomic E-state index is -0.515. The zero-order valence-corrected chi connectivity index (χ0v) is 19.2. The maximum Gasteiger partial charge on any atom is 0.276 e. The van der Waals surface area contributed by atoms with E-state index in [2.05, 4.69) is 26.8 Å². The molecule has 0 bridgehead atoms. The van der Waals surface area contributed by atoms with E-state index < -0.39 is 11.8 Å². The molecule has 0 saturated heterocycles. The molecule has 0 aromatic heterocycles. The number of carbonyl (C=O) groups excluding carboxylic acids is 2. The lowest BCUT2D eigenvalue weighted by atomic mass is 10.2. The number of halogens is 2. The second kappa shape index (κ2) is 12.0. The quantitative estimate of drug-likeness (QED) is 0.323. The minimum absolute atomic E-state index is 0.279. The number of hydrogen-bond acceptors (Lipinski definition) is 5. The summed E-state index contributed by atoms with van der Waals surface area (Å²) in [7, 11) is 0. The second-order valence-electron chi connectivity index (χ2n) is 6.40. The van der Waals surface area contributed by atoms with Crippen LogP contribution < -0.4 is 25.1 Å². The largest absolute Gasteiger partial charge is 0.490 e. The molecular formula is C23H20BrClN2O5. The van der Waals surface area contributed by atoms with Gasteiger partial charge in [-0.05, 0) is 70.5 Å². The van der Waals surface area contributed by atoms with Crippen molar-refractivity contribution in [1.29, 1.82) is 0 Å². The third-order valence-corrected chi connectivity index (χ3v) is 4.90. The molecule has 7 nitrogen and oxygen atoms in total. The van der Waals surface area contributed by atoms with Crippen molar-refractivity contribution in [2.75, 3.05) is 19.8 Å². The van der Waals surface area contributed by atoms with Crippen molar-refractivity contribution in [3.05, 3.63) is 87.9 Å². The SMILES string of the molecule is O=C(COc1ccc(Cl)cc1Br)NNC(=O)c1ccc(OCCOc2ccccc2)cc1. The van der Waals surface area contributed by atoms with Gasteiger partial charge in [-0.25, -0.2) is 0 Å².